The first-order valence-corrected chi connectivity index (χ1v) is 9.16. The van der Waals surface area contributed by atoms with Crippen LogP contribution in [0.3, 0.4) is 0 Å². The van der Waals surface area contributed by atoms with E-state index >= 15 is 0 Å². The number of halogens is 3. The molecule has 2 saturated heterocycles. The second-order valence-corrected chi connectivity index (χ2v) is 7.73. The predicted octanol–water partition coefficient (Wildman–Crippen LogP) is 4.30. The number of alkyl halides is 3. The molecule has 1 atom stereocenters. The average Bonchev–Trinajstić information content (AvgIpc) is 2.46. The Hall–Kier alpha value is -0.880. The smallest absolute Gasteiger partial charge is 0.416 e. The van der Waals surface area contributed by atoms with Gasteiger partial charge >= 0.3 is 6.18 Å². The molecule has 3 rings (SSSR count). The molecule has 2 nitrogen and oxygen atoms in total. The van der Waals surface area contributed by atoms with Crippen molar-refractivity contribution >= 4 is 11.8 Å². The first-order valence-electron chi connectivity index (χ1n) is 8.00. The SMILES string of the molecule is CC(CN1CCC2(CC1)CSC2)Oc1ccc(C(F)(F)F)cc1. The Balaban J connectivity index is 1.46. The van der Waals surface area contributed by atoms with Gasteiger partial charge in [-0.25, -0.2) is 0 Å². The van der Waals surface area contributed by atoms with E-state index < -0.39 is 11.7 Å². The van der Waals surface area contributed by atoms with E-state index in [1.165, 1.54) is 36.5 Å². The van der Waals surface area contributed by atoms with Crippen LogP contribution in [0.1, 0.15) is 25.3 Å². The highest BCUT2D eigenvalue weighted by molar-refractivity contribution is 8.00. The zero-order valence-corrected chi connectivity index (χ0v) is 14.1. The van der Waals surface area contributed by atoms with Crippen molar-refractivity contribution in [3.05, 3.63) is 29.8 Å². The number of likely N-dealkylation sites (tertiary alicyclic amines) is 1. The summed E-state index contributed by atoms with van der Waals surface area (Å²) >= 11 is 2.04. The molecule has 1 aromatic rings. The summed E-state index contributed by atoms with van der Waals surface area (Å²) in [6.45, 7) is 4.99. The van der Waals surface area contributed by atoms with Gasteiger partial charge in [0.15, 0.2) is 0 Å². The standard InChI is InChI=1S/C17H22F3NOS/c1-13(10-21-8-6-16(7-9-21)11-23-12-16)22-15-4-2-14(3-5-15)17(18,19)20/h2-5,13H,6-12H2,1H3. The Morgan fingerprint density at radius 1 is 1.17 bits per heavy atom. The second kappa shape index (κ2) is 6.55. The molecule has 0 aliphatic carbocycles. The van der Waals surface area contributed by atoms with Crippen molar-refractivity contribution in [2.45, 2.75) is 32.0 Å². The topological polar surface area (TPSA) is 12.5 Å². The summed E-state index contributed by atoms with van der Waals surface area (Å²) in [4.78, 5) is 2.41. The molecule has 1 unspecified atom stereocenters. The molecule has 128 valence electrons. The van der Waals surface area contributed by atoms with Crippen LogP contribution in [-0.4, -0.2) is 42.1 Å². The van der Waals surface area contributed by atoms with Gasteiger partial charge in [-0.15, -0.1) is 0 Å². The number of nitrogens with zero attached hydrogens (tertiary/aromatic N) is 1. The molecule has 2 aliphatic rings. The highest BCUT2D eigenvalue weighted by Crippen LogP contribution is 2.45. The molecule has 0 radical (unpaired) electrons. The van der Waals surface area contributed by atoms with E-state index in [0.717, 1.165) is 31.8 Å². The lowest BCUT2D eigenvalue weighted by Crippen LogP contribution is -2.48. The molecule has 1 spiro atoms. The van der Waals surface area contributed by atoms with E-state index in [1.807, 2.05) is 18.7 Å². The fraction of sp³-hybridized carbons (Fsp3) is 0.647. The molecule has 0 bridgehead atoms. The largest absolute Gasteiger partial charge is 0.489 e. The quantitative estimate of drug-likeness (QED) is 0.807. The van der Waals surface area contributed by atoms with Gasteiger partial charge in [-0.3, -0.25) is 4.90 Å². The van der Waals surface area contributed by atoms with Crippen LogP contribution < -0.4 is 4.74 Å². The van der Waals surface area contributed by atoms with Gasteiger partial charge in [0, 0.05) is 6.54 Å². The maximum Gasteiger partial charge on any atom is 0.416 e. The van der Waals surface area contributed by atoms with Gasteiger partial charge in [-0.2, -0.15) is 24.9 Å². The lowest BCUT2D eigenvalue weighted by atomic mass is 9.81. The van der Waals surface area contributed by atoms with Crippen LogP contribution in [0.5, 0.6) is 5.75 Å². The van der Waals surface area contributed by atoms with Crippen LogP contribution >= 0.6 is 11.8 Å². The van der Waals surface area contributed by atoms with Gasteiger partial charge in [-0.05, 0) is 74.0 Å². The number of hydrogen-bond donors (Lipinski definition) is 0. The number of benzene rings is 1. The summed E-state index contributed by atoms with van der Waals surface area (Å²) < 4.78 is 43.4. The fourth-order valence-electron chi connectivity index (χ4n) is 3.25. The third kappa shape index (κ3) is 4.15. The van der Waals surface area contributed by atoms with Gasteiger partial charge in [-0.1, -0.05) is 0 Å². The summed E-state index contributed by atoms with van der Waals surface area (Å²) in [5.41, 5.74) is -0.0456. The van der Waals surface area contributed by atoms with Crippen molar-refractivity contribution in [2.75, 3.05) is 31.1 Å². The van der Waals surface area contributed by atoms with Gasteiger partial charge < -0.3 is 4.74 Å². The highest BCUT2D eigenvalue weighted by atomic mass is 32.2. The van der Waals surface area contributed by atoms with Crippen LogP contribution in [0.4, 0.5) is 13.2 Å². The van der Waals surface area contributed by atoms with Gasteiger partial charge in [0.25, 0.3) is 0 Å². The number of thioether (sulfide) groups is 1. The van der Waals surface area contributed by atoms with Crippen LogP contribution in [0.25, 0.3) is 0 Å². The van der Waals surface area contributed by atoms with Crippen molar-refractivity contribution in [1.82, 2.24) is 4.90 Å². The Morgan fingerprint density at radius 2 is 1.78 bits per heavy atom. The third-order valence-corrected chi connectivity index (χ3v) is 6.40. The summed E-state index contributed by atoms with van der Waals surface area (Å²) in [5.74, 6) is 3.10. The van der Waals surface area contributed by atoms with Gasteiger partial charge in [0.05, 0.1) is 5.56 Å². The molecular weight excluding hydrogens is 323 g/mol. The fourth-order valence-corrected chi connectivity index (χ4v) is 4.60. The molecule has 2 heterocycles. The van der Waals surface area contributed by atoms with Crippen LogP contribution in [0.15, 0.2) is 24.3 Å². The van der Waals surface area contributed by atoms with E-state index in [2.05, 4.69) is 4.90 Å². The third-order valence-electron chi connectivity index (χ3n) is 4.77. The molecule has 0 aromatic heterocycles. The number of piperidine rings is 1. The minimum atomic E-state index is -4.30. The molecule has 1 aromatic carbocycles. The minimum absolute atomic E-state index is 0.0310. The summed E-state index contributed by atoms with van der Waals surface area (Å²) in [6, 6.07) is 4.94. The molecule has 6 heteroatoms. The van der Waals surface area contributed by atoms with Crippen LogP contribution in [0, 0.1) is 5.41 Å². The van der Waals surface area contributed by atoms with Gasteiger partial charge in [0.1, 0.15) is 11.9 Å². The zero-order chi connectivity index (χ0) is 16.5. The zero-order valence-electron chi connectivity index (χ0n) is 13.2. The van der Waals surface area contributed by atoms with Crippen molar-refractivity contribution in [1.29, 1.82) is 0 Å². The average molecular weight is 345 g/mol. The highest BCUT2D eigenvalue weighted by Gasteiger charge is 2.40. The molecule has 23 heavy (non-hydrogen) atoms. The van der Waals surface area contributed by atoms with E-state index in [4.69, 9.17) is 4.74 Å². The van der Waals surface area contributed by atoms with Crippen molar-refractivity contribution in [3.8, 4) is 5.75 Å². The van der Waals surface area contributed by atoms with Crippen molar-refractivity contribution in [2.24, 2.45) is 5.41 Å². The van der Waals surface area contributed by atoms with Crippen LogP contribution in [-0.2, 0) is 6.18 Å². The summed E-state index contributed by atoms with van der Waals surface area (Å²) in [5, 5.41) is 0. The monoisotopic (exact) mass is 345 g/mol. The molecule has 0 N–H and O–H groups in total. The number of ether oxygens (including phenoxy) is 1. The second-order valence-electron chi connectivity index (χ2n) is 6.74. The minimum Gasteiger partial charge on any atom is -0.489 e. The van der Waals surface area contributed by atoms with Crippen molar-refractivity contribution < 1.29 is 17.9 Å². The van der Waals surface area contributed by atoms with E-state index in [1.54, 1.807) is 0 Å². The van der Waals surface area contributed by atoms with E-state index in [0.29, 0.717) is 11.2 Å². The molecule has 0 amide bonds. The van der Waals surface area contributed by atoms with Crippen LogP contribution in [0.2, 0.25) is 0 Å². The Labute approximate surface area is 139 Å². The predicted molar refractivity (Wildman–Crippen MR) is 87.0 cm³/mol. The maximum absolute atomic E-state index is 12.5. The van der Waals surface area contributed by atoms with E-state index in [-0.39, 0.29) is 6.10 Å². The Kier molecular flexibility index (Phi) is 4.83. The van der Waals surface area contributed by atoms with Crippen molar-refractivity contribution in [3.63, 3.8) is 0 Å². The molecule has 2 fully saturated rings. The number of hydrogen-bond acceptors (Lipinski definition) is 3. The lowest BCUT2D eigenvalue weighted by Gasteiger charge is -2.47. The first kappa shape index (κ1) is 17.0. The summed E-state index contributed by atoms with van der Waals surface area (Å²) in [7, 11) is 0. The molecule has 0 saturated carbocycles. The van der Waals surface area contributed by atoms with Gasteiger partial charge in [0.2, 0.25) is 0 Å². The molecule has 2 aliphatic heterocycles. The summed E-state index contributed by atoms with van der Waals surface area (Å²) in [6.07, 6.45) is -1.81. The first-order chi connectivity index (χ1) is 10.9. The number of rotatable bonds is 4. The molecular formula is C17H22F3NOS. The normalized spacial score (nSPS) is 22.6. The maximum atomic E-state index is 12.5. The Bertz CT molecular complexity index is 518. The van der Waals surface area contributed by atoms with E-state index in [9.17, 15) is 13.2 Å². The Morgan fingerprint density at radius 3 is 2.26 bits per heavy atom. The lowest BCUT2D eigenvalue weighted by molar-refractivity contribution is -0.137.